The molecule has 2 rings (SSSR count). The minimum Gasteiger partial charge on any atom is -0.407 e. The number of sulfone groups is 1. The molecule has 1 atom stereocenters. The molecule has 2 heterocycles. The molecular formula is C9H16N4O3S. The summed E-state index contributed by atoms with van der Waals surface area (Å²) in [4.78, 5) is 1.75. The molecule has 1 aliphatic rings. The van der Waals surface area contributed by atoms with Gasteiger partial charge in [0, 0.05) is 13.1 Å². The molecule has 0 amide bonds. The van der Waals surface area contributed by atoms with E-state index in [1.54, 1.807) is 19.0 Å². The van der Waals surface area contributed by atoms with Gasteiger partial charge >= 0.3 is 6.01 Å². The van der Waals surface area contributed by atoms with Gasteiger partial charge in [0.2, 0.25) is 5.89 Å². The molecule has 0 bridgehead atoms. The number of nitrogens with one attached hydrogen (secondary N) is 1. The van der Waals surface area contributed by atoms with Crippen LogP contribution in [0.15, 0.2) is 4.42 Å². The third kappa shape index (κ3) is 2.75. The van der Waals surface area contributed by atoms with Gasteiger partial charge in [-0.3, -0.25) is 0 Å². The molecule has 0 radical (unpaired) electrons. The van der Waals surface area contributed by atoms with Crippen molar-refractivity contribution in [2.45, 2.75) is 19.0 Å². The third-order valence-electron chi connectivity index (χ3n) is 2.84. The highest BCUT2D eigenvalue weighted by Gasteiger charge is 2.32. The van der Waals surface area contributed by atoms with Crippen molar-refractivity contribution in [2.24, 2.45) is 0 Å². The molecule has 0 aromatic carbocycles. The topological polar surface area (TPSA) is 88.3 Å². The van der Waals surface area contributed by atoms with Gasteiger partial charge in [-0.05, 0) is 13.5 Å². The van der Waals surface area contributed by atoms with Crippen LogP contribution >= 0.6 is 0 Å². The Morgan fingerprint density at radius 1 is 1.53 bits per heavy atom. The van der Waals surface area contributed by atoms with E-state index in [0.717, 1.165) is 0 Å². The number of anilines is 1. The number of aromatic nitrogens is 2. The van der Waals surface area contributed by atoms with Crippen molar-refractivity contribution in [1.29, 1.82) is 0 Å². The summed E-state index contributed by atoms with van der Waals surface area (Å²) in [5, 5.41) is 10.7. The van der Waals surface area contributed by atoms with E-state index in [9.17, 15) is 8.42 Å². The third-order valence-corrected chi connectivity index (χ3v) is 4.59. The molecule has 1 aromatic heterocycles. The maximum absolute atomic E-state index is 11.4. The summed E-state index contributed by atoms with van der Waals surface area (Å²) in [6.45, 7) is 0.504. The summed E-state index contributed by atoms with van der Waals surface area (Å²) in [5.74, 6) is 0.891. The first-order valence-electron chi connectivity index (χ1n) is 5.42. The zero-order valence-corrected chi connectivity index (χ0v) is 10.7. The second-order valence-corrected chi connectivity index (χ2v) is 6.41. The van der Waals surface area contributed by atoms with Crippen molar-refractivity contribution in [3.05, 3.63) is 5.89 Å². The quantitative estimate of drug-likeness (QED) is 0.774. The molecule has 1 N–H and O–H groups in total. The predicted octanol–water partition coefficient (Wildman–Crippen LogP) is -0.588. The average Bonchev–Trinajstić information content (AvgIpc) is 2.85. The Kier molecular flexibility index (Phi) is 3.34. The fourth-order valence-corrected chi connectivity index (χ4v) is 3.62. The predicted molar refractivity (Wildman–Crippen MR) is 62.5 cm³/mol. The van der Waals surface area contributed by atoms with E-state index in [-0.39, 0.29) is 17.5 Å². The minimum atomic E-state index is -2.90. The SMILES string of the molecule is CNCc1nnc(N(C)C2CCS(=O)(=O)C2)o1. The lowest BCUT2D eigenvalue weighted by atomic mass is 10.2. The molecule has 1 aliphatic heterocycles. The van der Waals surface area contributed by atoms with Crippen molar-refractivity contribution < 1.29 is 12.8 Å². The zero-order valence-electron chi connectivity index (χ0n) is 9.88. The van der Waals surface area contributed by atoms with Gasteiger partial charge in [-0.1, -0.05) is 5.10 Å². The van der Waals surface area contributed by atoms with Crippen LogP contribution in [-0.4, -0.2) is 50.3 Å². The van der Waals surface area contributed by atoms with Gasteiger partial charge in [0.15, 0.2) is 9.84 Å². The molecule has 0 saturated carbocycles. The van der Waals surface area contributed by atoms with Crippen LogP contribution in [0.2, 0.25) is 0 Å². The second-order valence-electron chi connectivity index (χ2n) is 4.18. The van der Waals surface area contributed by atoms with Crippen molar-refractivity contribution in [3.8, 4) is 0 Å². The lowest BCUT2D eigenvalue weighted by Crippen LogP contribution is -2.32. The van der Waals surface area contributed by atoms with Gasteiger partial charge < -0.3 is 14.6 Å². The Labute approximate surface area is 100 Å². The Morgan fingerprint density at radius 2 is 2.29 bits per heavy atom. The summed E-state index contributed by atoms with van der Waals surface area (Å²) >= 11 is 0. The second kappa shape index (κ2) is 4.61. The highest BCUT2D eigenvalue weighted by Crippen LogP contribution is 2.21. The van der Waals surface area contributed by atoms with Crippen LogP contribution in [0.3, 0.4) is 0 Å². The normalized spacial score (nSPS) is 22.8. The van der Waals surface area contributed by atoms with E-state index in [1.807, 2.05) is 0 Å². The average molecular weight is 260 g/mol. The van der Waals surface area contributed by atoms with Crippen molar-refractivity contribution >= 4 is 15.9 Å². The van der Waals surface area contributed by atoms with E-state index in [1.165, 1.54) is 0 Å². The molecule has 1 saturated heterocycles. The van der Waals surface area contributed by atoms with Crippen LogP contribution in [0, 0.1) is 0 Å². The van der Waals surface area contributed by atoms with E-state index in [0.29, 0.717) is 24.9 Å². The van der Waals surface area contributed by atoms with E-state index in [2.05, 4.69) is 15.5 Å². The fourth-order valence-electron chi connectivity index (χ4n) is 1.85. The number of nitrogens with zero attached hydrogens (tertiary/aromatic N) is 3. The minimum absolute atomic E-state index is 0.0668. The number of rotatable bonds is 4. The van der Waals surface area contributed by atoms with E-state index in [4.69, 9.17) is 4.42 Å². The van der Waals surface area contributed by atoms with E-state index >= 15 is 0 Å². The first kappa shape index (κ1) is 12.3. The smallest absolute Gasteiger partial charge is 0.318 e. The Hall–Kier alpha value is -1.15. The standard InChI is InChI=1S/C9H16N4O3S/c1-10-5-8-11-12-9(16-8)13(2)7-3-4-17(14,15)6-7/h7,10H,3-6H2,1-2H3. The highest BCUT2D eigenvalue weighted by atomic mass is 32.2. The van der Waals surface area contributed by atoms with Crippen LogP contribution in [0.1, 0.15) is 12.3 Å². The summed E-state index contributed by atoms with van der Waals surface area (Å²) < 4.78 is 28.2. The molecule has 7 nitrogen and oxygen atoms in total. The molecule has 1 unspecified atom stereocenters. The Balaban J connectivity index is 2.06. The summed E-state index contributed by atoms with van der Waals surface area (Å²) in [6, 6.07) is 0.306. The maximum atomic E-state index is 11.4. The first-order chi connectivity index (χ1) is 8.02. The van der Waals surface area contributed by atoms with Crippen LogP contribution in [0.25, 0.3) is 0 Å². The van der Waals surface area contributed by atoms with Crippen molar-refractivity contribution in [2.75, 3.05) is 30.5 Å². The van der Waals surface area contributed by atoms with Crippen LogP contribution < -0.4 is 10.2 Å². The maximum Gasteiger partial charge on any atom is 0.318 e. The van der Waals surface area contributed by atoms with Gasteiger partial charge in [-0.25, -0.2) is 8.42 Å². The molecule has 0 aliphatic carbocycles. The molecule has 8 heteroatoms. The number of hydrogen-bond acceptors (Lipinski definition) is 7. The van der Waals surface area contributed by atoms with Crippen LogP contribution in [0.4, 0.5) is 6.01 Å². The lowest BCUT2D eigenvalue weighted by Gasteiger charge is -2.20. The summed E-state index contributed by atoms with van der Waals surface area (Å²) in [6.07, 6.45) is 0.614. The van der Waals surface area contributed by atoms with Gasteiger partial charge in [-0.15, -0.1) is 5.10 Å². The van der Waals surface area contributed by atoms with Gasteiger partial charge in [0.1, 0.15) is 0 Å². The first-order valence-corrected chi connectivity index (χ1v) is 7.24. The Morgan fingerprint density at radius 3 is 2.88 bits per heavy atom. The molecule has 96 valence electrons. The van der Waals surface area contributed by atoms with Crippen molar-refractivity contribution in [1.82, 2.24) is 15.5 Å². The highest BCUT2D eigenvalue weighted by molar-refractivity contribution is 7.91. The fraction of sp³-hybridized carbons (Fsp3) is 0.778. The lowest BCUT2D eigenvalue weighted by molar-refractivity contribution is 0.466. The Bertz CT molecular complexity index is 484. The molecular weight excluding hydrogens is 244 g/mol. The summed E-state index contributed by atoms with van der Waals surface area (Å²) in [5.41, 5.74) is 0. The monoisotopic (exact) mass is 260 g/mol. The van der Waals surface area contributed by atoms with Crippen molar-refractivity contribution in [3.63, 3.8) is 0 Å². The van der Waals surface area contributed by atoms with Crippen LogP contribution in [0.5, 0.6) is 0 Å². The van der Waals surface area contributed by atoms with E-state index < -0.39 is 9.84 Å². The molecule has 1 aromatic rings. The largest absolute Gasteiger partial charge is 0.407 e. The molecule has 17 heavy (non-hydrogen) atoms. The van der Waals surface area contributed by atoms with Gasteiger partial charge in [0.25, 0.3) is 0 Å². The summed E-state index contributed by atoms with van der Waals surface area (Å²) in [7, 11) is 0.673. The molecule has 0 spiro atoms. The zero-order chi connectivity index (χ0) is 12.5. The molecule has 1 fully saturated rings. The van der Waals surface area contributed by atoms with Gasteiger partial charge in [0.05, 0.1) is 18.1 Å². The van der Waals surface area contributed by atoms with Gasteiger partial charge in [-0.2, -0.15) is 0 Å². The number of hydrogen-bond donors (Lipinski definition) is 1. The van der Waals surface area contributed by atoms with Crippen LogP contribution in [-0.2, 0) is 16.4 Å².